The zero-order valence-electron chi connectivity index (χ0n) is 17.1. The van der Waals surface area contributed by atoms with Crippen LogP contribution in [0.2, 0.25) is 0 Å². The van der Waals surface area contributed by atoms with Crippen LogP contribution in [0.1, 0.15) is 48.9 Å². The molecular weight excluding hydrogens is 376 g/mol. The molecule has 1 aromatic carbocycles. The molecule has 156 valence electrons. The van der Waals surface area contributed by atoms with E-state index in [-0.39, 0.29) is 0 Å². The Morgan fingerprint density at radius 2 is 1.90 bits per heavy atom. The van der Waals surface area contributed by atoms with Gasteiger partial charge in [0.25, 0.3) is 5.91 Å². The second-order valence-corrected chi connectivity index (χ2v) is 7.87. The molecule has 1 amide bonds. The fourth-order valence-electron chi connectivity index (χ4n) is 4.09. The van der Waals surface area contributed by atoms with Crippen molar-refractivity contribution in [3.63, 3.8) is 0 Å². The summed E-state index contributed by atoms with van der Waals surface area (Å²) in [5, 5.41) is 12.5. The Morgan fingerprint density at radius 3 is 2.67 bits per heavy atom. The maximum atomic E-state index is 11.3. The Morgan fingerprint density at radius 1 is 1.10 bits per heavy atom. The van der Waals surface area contributed by atoms with Crippen LogP contribution in [0.4, 0.5) is 5.82 Å². The predicted octanol–water partition coefficient (Wildman–Crippen LogP) is 4.38. The predicted molar refractivity (Wildman–Crippen MR) is 119 cm³/mol. The van der Waals surface area contributed by atoms with Crippen LogP contribution in [0.3, 0.4) is 0 Å². The van der Waals surface area contributed by atoms with Crippen molar-refractivity contribution in [2.45, 2.75) is 51.0 Å². The molecule has 1 fully saturated rings. The van der Waals surface area contributed by atoms with E-state index in [0.29, 0.717) is 6.04 Å². The van der Waals surface area contributed by atoms with Gasteiger partial charge in [0, 0.05) is 18.3 Å². The number of imidazole rings is 1. The highest BCUT2D eigenvalue weighted by Gasteiger charge is 2.18. The van der Waals surface area contributed by atoms with Crippen molar-refractivity contribution in [3.05, 3.63) is 71.6 Å². The standard InChI is InChI=1S/C24H28N4O2/c29-23(27-30)16-13-19-12-15-22-26-21(14-11-18-7-3-1-4-8-18)24(28(22)17-19)25-20-9-5-2-6-10-20/h1,3-4,7-8,12-13,15-17,20,25,30H,2,5-6,9-11,14H2,(H,27,29)/b16-13+. The summed E-state index contributed by atoms with van der Waals surface area (Å²) in [6, 6.07) is 14.8. The molecule has 1 aliphatic rings. The van der Waals surface area contributed by atoms with Crippen LogP contribution in [-0.4, -0.2) is 26.5 Å². The largest absolute Gasteiger partial charge is 0.367 e. The van der Waals surface area contributed by atoms with E-state index in [1.807, 2.05) is 24.4 Å². The monoisotopic (exact) mass is 404 g/mol. The van der Waals surface area contributed by atoms with Crippen molar-refractivity contribution in [2.75, 3.05) is 5.32 Å². The Labute approximate surface area is 176 Å². The number of carbonyl (C=O) groups is 1. The van der Waals surface area contributed by atoms with Gasteiger partial charge >= 0.3 is 0 Å². The maximum Gasteiger partial charge on any atom is 0.267 e. The van der Waals surface area contributed by atoms with Crippen LogP contribution >= 0.6 is 0 Å². The minimum absolute atomic E-state index is 0.466. The Balaban J connectivity index is 1.64. The molecule has 2 aromatic heterocycles. The molecule has 4 rings (SSSR count). The van der Waals surface area contributed by atoms with Crippen LogP contribution in [0, 0.1) is 0 Å². The van der Waals surface area contributed by atoms with Gasteiger partial charge in [-0.1, -0.05) is 49.6 Å². The molecule has 0 spiro atoms. The molecule has 6 heteroatoms. The van der Waals surface area contributed by atoms with Crippen LogP contribution in [-0.2, 0) is 17.6 Å². The first-order valence-corrected chi connectivity index (χ1v) is 10.7. The van der Waals surface area contributed by atoms with Crippen molar-refractivity contribution >= 4 is 23.4 Å². The third-order valence-corrected chi connectivity index (χ3v) is 5.69. The number of nitrogens with zero attached hydrogens (tertiary/aromatic N) is 2. The number of aromatic nitrogens is 2. The molecule has 3 N–H and O–H groups in total. The summed E-state index contributed by atoms with van der Waals surface area (Å²) >= 11 is 0. The first kappa shape index (κ1) is 20.2. The molecule has 30 heavy (non-hydrogen) atoms. The number of aryl methyl sites for hydroxylation is 2. The molecule has 0 radical (unpaired) electrons. The molecule has 2 heterocycles. The number of pyridine rings is 1. The van der Waals surface area contributed by atoms with E-state index in [1.165, 1.54) is 43.7 Å². The van der Waals surface area contributed by atoms with Gasteiger partial charge in [-0.15, -0.1) is 0 Å². The molecule has 0 unspecified atom stereocenters. The number of fused-ring (bicyclic) bond motifs is 1. The van der Waals surface area contributed by atoms with E-state index >= 15 is 0 Å². The van der Waals surface area contributed by atoms with Crippen molar-refractivity contribution in [3.8, 4) is 0 Å². The van der Waals surface area contributed by atoms with Gasteiger partial charge in [0.15, 0.2) is 0 Å². The van der Waals surface area contributed by atoms with Crippen LogP contribution < -0.4 is 10.8 Å². The Hall–Kier alpha value is -3.12. The smallest absolute Gasteiger partial charge is 0.267 e. The molecule has 0 saturated heterocycles. The molecule has 0 aliphatic heterocycles. The first-order valence-electron chi connectivity index (χ1n) is 10.7. The molecular formula is C24H28N4O2. The van der Waals surface area contributed by atoms with E-state index in [0.717, 1.165) is 35.6 Å². The van der Waals surface area contributed by atoms with Crippen molar-refractivity contribution in [2.24, 2.45) is 0 Å². The summed E-state index contributed by atoms with van der Waals surface area (Å²) in [7, 11) is 0. The summed E-state index contributed by atoms with van der Waals surface area (Å²) in [6.07, 6.45) is 13.0. The molecule has 6 nitrogen and oxygen atoms in total. The van der Waals surface area contributed by atoms with E-state index in [1.54, 1.807) is 11.6 Å². The number of carbonyl (C=O) groups excluding carboxylic acids is 1. The van der Waals surface area contributed by atoms with E-state index in [9.17, 15) is 4.79 Å². The lowest BCUT2D eigenvalue weighted by atomic mass is 9.95. The van der Waals surface area contributed by atoms with Crippen molar-refractivity contribution in [1.82, 2.24) is 14.9 Å². The molecule has 1 aliphatic carbocycles. The summed E-state index contributed by atoms with van der Waals surface area (Å²) in [6.45, 7) is 0. The number of nitrogens with one attached hydrogen (secondary N) is 2. The lowest BCUT2D eigenvalue weighted by molar-refractivity contribution is -0.124. The van der Waals surface area contributed by atoms with Gasteiger partial charge in [-0.25, -0.2) is 10.5 Å². The van der Waals surface area contributed by atoms with Crippen LogP contribution in [0.25, 0.3) is 11.7 Å². The Bertz CT molecular complexity index is 1020. The highest BCUT2D eigenvalue weighted by atomic mass is 16.5. The normalized spacial score (nSPS) is 15.0. The summed E-state index contributed by atoms with van der Waals surface area (Å²) in [4.78, 5) is 16.2. The quantitative estimate of drug-likeness (QED) is 0.310. The second kappa shape index (κ2) is 9.59. The average Bonchev–Trinajstić information content (AvgIpc) is 3.14. The van der Waals surface area contributed by atoms with Gasteiger partial charge in [-0.05, 0) is 55.0 Å². The lowest BCUT2D eigenvalue weighted by Crippen LogP contribution is -2.23. The zero-order valence-corrected chi connectivity index (χ0v) is 17.1. The van der Waals surface area contributed by atoms with Gasteiger partial charge < -0.3 is 5.32 Å². The highest BCUT2D eigenvalue weighted by Crippen LogP contribution is 2.26. The first-order chi connectivity index (χ1) is 14.7. The number of hydrogen-bond acceptors (Lipinski definition) is 4. The van der Waals surface area contributed by atoms with Gasteiger partial charge in [-0.3, -0.25) is 14.4 Å². The minimum Gasteiger partial charge on any atom is -0.367 e. The Kier molecular flexibility index (Phi) is 6.44. The highest BCUT2D eigenvalue weighted by molar-refractivity contribution is 5.90. The fourth-order valence-corrected chi connectivity index (χ4v) is 4.09. The van der Waals surface area contributed by atoms with Crippen LogP contribution in [0.5, 0.6) is 0 Å². The van der Waals surface area contributed by atoms with E-state index < -0.39 is 5.91 Å². The summed E-state index contributed by atoms with van der Waals surface area (Å²) in [5.74, 6) is 0.500. The number of rotatable bonds is 7. The van der Waals surface area contributed by atoms with Gasteiger partial charge in [0.1, 0.15) is 11.5 Å². The van der Waals surface area contributed by atoms with Crippen LogP contribution in [0.15, 0.2) is 54.7 Å². The third kappa shape index (κ3) is 4.89. The summed E-state index contributed by atoms with van der Waals surface area (Å²) < 4.78 is 2.09. The zero-order chi connectivity index (χ0) is 20.8. The van der Waals surface area contributed by atoms with E-state index in [2.05, 4.69) is 34.0 Å². The molecule has 0 atom stereocenters. The molecule has 3 aromatic rings. The lowest BCUT2D eigenvalue weighted by Gasteiger charge is -2.24. The van der Waals surface area contributed by atoms with Crippen molar-refractivity contribution in [1.29, 1.82) is 0 Å². The minimum atomic E-state index is -0.551. The van der Waals surface area contributed by atoms with Crippen molar-refractivity contribution < 1.29 is 10.0 Å². The van der Waals surface area contributed by atoms with E-state index in [4.69, 9.17) is 10.2 Å². The number of anilines is 1. The van der Waals surface area contributed by atoms with Gasteiger partial charge in [0.2, 0.25) is 0 Å². The fraction of sp³-hybridized carbons (Fsp3) is 0.333. The molecule has 1 saturated carbocycles. The van der Waals surface area contributed by atoms with Gasteiger partial charge in [-0.2, -0.15) is 0 Å². The maximum absolute atomic E-state index is 11.3. The molecule has 0 bridgehead atoms. The second-order valence-electron chi connectivity index (χ2n) is 7.87. The topological polar surface area (TPSA) is 78.7 Å². The number of benzene rings is 1. The number of hydroxylamine groups is 1. The third-order valence-electron chi connectivity index (χ3n) is 5.69. The average molecular weight is 405 g/mol. The van der Waals surface area contributed by atoms with Gasteiger partial charge in [0.05, 0.1) is 5.69 Å². The number of amides is 1. The summed E-state index contributed by atoms with van der Waals surface area (Å²) in [5.41, 5.74) is 5.74. The number of hydrogen-bond donors (Lipinski definition) is 3. The SMILES string of the molecule is O=C(/C=C/c1ccc2nc(CCc3ccccc3)c(NC3CCCCC3)n2c1)NO.